The van der Waals surface area contributed by atoms with Crippen LogP contribution in [0.4, 0.5) is 0 Å². The molecule has 2 rings (SSSR count). The van der Waals surface area contributed by atoms with Crippen LogP contribution in [0.2, 0.25) is 0 Å². The molecule has 0 fully saturated rings. The van der Waals surface area contributed by atoms with Gasteiger partial charge < -0.3 is 20.1 Å². The van der Waals surface area contributed by atoms with Gasteiger partial charge in [0.15, 0.2) is 0 Å². The molecule has 0 unspecified atom stereocenters. The van der Waals surface area contributed by atoms with Gasteiger partial charge in [-0.25, -0.2) is 0 Å². The molecule has 0 aliphatic rings. The van der Waals surface area contributed by atoms with Crippen molar-refractivity contribution in [2.45, 2.75) is 0 Å². The smallest absolute Gasteiger partial charge is 0.423 e. The second kappa shape index (κ2) is 8.63. The highest BCUT2D eigenvalue weighted by atomic mass is 16.4. The lowest BCUT2D eigenvalue weighted by molar-refractivity contribution is 0.424. The predicted octanol–water partition coefficient (Wildman–Crippen LogP) is -1.52. The van der Waals surface area contributed by atoms with Crippen molar-refractivity contribution in [1.82, 2.24) is 0 Å². The van der Waals surface area contributed by atoms with Gasteiger partial charge in [-0.1, -0.05) is 24.3 Å². The second-order valence-electron chi connectivity index (χ2n) is 4.22. The summed E-state index contributed by atoms with van der Waals surface area (Å²) in [6.45, 7) is 0. The van der Waals surface area contributed by atoms with Crippen LogP contribution in [0.5, 0.6) is 0 Å². The molecule has 2 aromatic rings. The standard InChI is InChI=1S/2C7H6BNO2/c2*9-5-6-2-1-3-7(4-6)8(10)11/h2*1-4,10-11H. The molecule has 0 aliphatic heterocycles. The average molecular weight is 294 g/mol. The molecule has 0 aliphatic carbocycles. The highest BCUT2D eigenvalue weighted by molar-refractivity contribution is 6.59. The molecule has 0 amide bonds. The van der Waals surface area contributed by atoms with E-state index in [4.69, 9.17) is 30.6 Å². The summed E-state index contributed by atoms with van der Waals surface area (Å²) >= 11 is 0. The number of nitriles is 2. The first kappa shape index (κ1) is 17.4. The Morgan fingerprint density at radius 2 is 1.05 bits per heavy atom. The predicted molar refractivity (Wildman–Crippen MR) is 82.0 cm³/mol. The quantitative estimate of drug-likeness (QED) is 0.498. The summed E-state index contributed by atoms with van der Waals surface area (Å²) < 4.78 is 0. The Balaban J connectivity index is 0.000000220. The molecular weight excluding hydrogens is 282 g/mol. The van der Waals surface area contributed by atoms with Gasteiger partial charge in [-0.15, -0.1) is 0 Å². The fourth-order valence-electron chi connectivity index (χ4n) is 1.54. The van der Waals surface area contributed by atoms with E-state index in [-0.39, 0.29) is 0 Å². The van der Waals surface area contributed by atoms with Crippen molar-refractivity contribution in [3.8, 4) is 12.1 Å². The Bertz CT molecular complexity index is 647. The van der Waals surface area contributed by atoms with Crippen LogP contribution in [0.3, 0.4) is 0 Å². The number of hydrogen-bond donors (Lipinski definition) is 4. The Labute approximate surface area is 128 Å². The first-order valence-electron chi connectivity index (χ1n) is 6.20. The Hall–Kier alpha value is -2.61. The molecule has 0 spiro atoms. The van der Waals surface area contributed by atoms with Crippen molar-refractivity contribution in [3.63, 3.8) is 0 Å². The summed E-state index contributed by atoms with van der Waals surface area (Å²) in [5.41, 5.74) is 1.53. The van der Waals surface area contributed by atoms with Crippen LogP contribution >= 0.6 is 0 Å². The van der Waals surface area contributed by atoms with Crippen LogP contribution in [0.25, 0.3) is 0 Å². The van der Waals surface area contributed by atoms with Crippen molar-refractivity contribution in [2.24, 2.45) is 0 Å². The average Bonchev–Trinajstić information content (AvgIpc) is 2.55. The lowest BCUT2D eigenvalue weighted by Crippen LogP contribution is -2.29. The normalized spacial score (nSPS) is 8.82. The van der Waals surface area contributed by atoms with E-state index in [1.54, 1.807) is 36.4 Å². The maximum atomic E-state index is 8.69. The lowest BCUT2D eigenvalue weighted by atomic mass is 9.80. The number of nitrogens with zero attached hydrogens (tertiary/aromatic N) is 2. The summed E-state index contributed by atoms with van der Waals surface area (Å²) in [4.78, 5) is 0. The molecule has 108 valence electrons. The zero-order valence-corrected chi connectivity index (χ0v) is 11.5. The molecule has 0 saturated carbocycles. The third kappa shape index (κ3) is 5.41. The van der Waals surface area contributed by atoms with Gasteiger partial charge in [-0.2, -0.15) is 10.5 Å². The first-order valence-corrected chi connectivity index (χ1v) is 6.20. The number of benzene rings is 2. The molecule has 0 aromatic heterocycles. The van der Waals surface area contributed by atoms with E-state index in [2.05, 4.69) is 0 Å². The van der Waals surface area contributed by atoms with Crippen LogP contribution < -0.4 is 10.9 Å². The highest BCUT2D eigenvalue weighted by Crippen LogP contribution is 1.94. The minimum atomic E-state index is -1.50. The molecule has 0 bridgehead atoms. The Morgan fingerprint density at radius 3 is 1.32 bits per heavy atom. The van der Waals surface area contributed by atoms with Gasteiger partial charge in [0.25, 0.3) is 0 Å². The third-order valence-electron chi connectivity index (χ3n) is 2.63. The Kier molecular flexibility index (Phi) is 6.84. The van der Waals surface area contributed by atoms with Crippen LogP contribution in [-0.4, -0.2) is 34.3 Å². The van der Waals surface area contributed by atoms with Crippen LogP contribution in [0.1, 0.15) is 11.1 Å². The number of rotatable bonds is 2. The van der Waals surface area contributed by atoms with Gasteiger partial charge in [0.05, 0.1) is 23.3 Å². The van der Waals surface area contributed by atoms with Gasteiger partial charge >= 0.3 is 14.2 Å². The van der Waals surface area contributed by atoms with E-state index in [0.29, 0.717) is 22.1 Å². The van der Waals surface area contributed by atoms with Crippen LogP contribution in [-0.2, 0) is 0 Å². The SMILES string of the molecule is N#Cc1cccc(B(O)O)c1.N#Cc1cccc(B(O)O)c1. The van der Waals surface area contributed by atoms with Gasteiger partial charge in [0, 0.05) is 0 Å². The Morgan fingerprint density at radius 1 is 0.682 bits per heavy atom. The molecule has 4 N–H and O–H groups in total. The lowest BCUT2D eigenvalue weighted by Gasteiger charge is -1.97. The van der Waals surface area contributed by atoms with Crippen molar-refractivity contribution in [1.29, 1.82) is 10.5 Å². The van der Waals surface area contributed by atoms with Crippen molar-refractivity contribution < 1.29 is 20.1 Å². The first-order chi connectivity index (χ1) is 10.5. The molecular formula is C14H12B2N2O4. The molecule has 22 heavy (non-hydrogen) atoms. The fraction of sp³-hybridized carbons (Fsp3) is 0. The number of hydrogen-bond acceptors (Lipinski definition) is 6. The maximum Gasteiger partial charge on any atom is 0.488 e. The van der Waals surface area contributed by atoms with E-state index in [1.165, 1.54) is 12.1 Å². The highest BCUT2D eigenvalue weighted by Gasteiger charge is 2.10. The molecule has 2 aromatic carbocycles. The summed E-state index contributed by atoms with van der Waals surface area (Å²) in [6.07, 6.45) is 0. The van der Waals surface area contributed by atoms with Gasteiger partial charge in [-0.3, -0.25) is 0 Å². The summed E-state index contributed by atoms with van der Waals surface area (Å²) in [6, 6.07) is 16.2. The minimum Gasteiger partial charge on any atom is -0.423 e. The zero-order chi connectivity index (χ0) is 16.5. The minimum absolute atomic E-state index is 0.337. The molecule has 0 atom stereocenters. The van der Waals surface area contributed by atoms with Crippen LogP contribution in [0, 0.1) is 22.7 Å². The second-order valence-corrected chi connectivity index (χ2v) is 4.22. The van der Waals surface area contributed by atoms with Gasteiger partial charge in [-0.05, 0) is 35.2 Å². The van der Waals surface area contributed by atoms with E-state index < -0.39 is 14.2 Å². The van der Waals surface area contributed by atoms with E-state index in [1.807, 2.05) is 12.1 Å². The fourth-order valence-corrected chi connectivity index (χ4v) is 1.54. The van der Waals surface area contributed by atoms with E-state index in [9.17, 15) is 0 Å². The summed E-state index contributed by atoms with van der Waals surface area (Å²) in [5.74, 6) is 0. The van der Waals surface area contributed by atoms with E-state index >= 15 is 0 Å². The molecule has 6 nitrogen and oxygen atoms in total. The zero-order valence-electron chi connectivity index (χ0n) is 11.5. The summed E-state index contributed by atoms with van der Waals surface area (Å²) in [7, 11) is -2.99. The third-order valence-corrected chi connectivity index (χ3v) is 2.63. The monoisotopic (exact) mass is 294 g/mol. The van der Waals surface area contributed by atoms with E-state index in [0.717, 1.165) is 0 Å². The topological polar surface area (TPSA) is 128 Å². The maximum absolute atomic E-state index is 8.69. The largest absolute Gasteiger partial charge is 0.488 e. The van der Waals surface area contributed by atoms with Crippen molar-refractivity contribution >= 4 is 25.2 Å². The molecule has 0 radical (unpaired) electrons. The molecule has 8 heteroatoms. The van der Waals surface area contributed by atoms with Gasteiger partial charge in [0.2, 0.25) is 0 Å². The van der Waals surface area contributed by atoms with Crippen LogP contribution in [0.15, 0.2) is 48.5 Å². The van der Waals surface area contributed by atoms with Gasteiger partial charge in [0.1, 0.15) is 0 Å². The molecule has 0 heterocycles. The van der Waals surface area contributed by atoms with Crippen molar-refractivity contribution in [3.05, 3.63) is 59.7 Å². The van der Waals surface area contributed by atoms with Crippen molar-refractivity contribution in [2.75, 3.05) is 0 Å². The molecule has 0 saturated heterocycles. The summed E-state index contributed by atoms with van der Waals surface area (Å²) in [5, 5.41) is 51.6.